The fourth-order valence-electron chi connectivity index (χ4n) is 2.66. The molecular weight excluding hydrogens is 455 g/mol. The molecule has 1 aromatic heterocycles. The largest absolute Gasteiger partial charge is 0.299 e. The van der Waals surface area contributed by atoms with Crippen molar-refractivity contribution in [2.75, 3.05) is 15.9 Å². The first-order valence-electron chi connectivity index (χ1n) is 8.30. The lowest BCUT2D eigenvalue weighted by Crippen LogP contribution is -2.45. The monoisotopic (exact) mass is 470 g/mol. The van der Waals surface area contributed by atoms with E-state index in [0.717, 1.165) is 16.1 Å². The lowest BCUT2D eigenvalue weighted by molar-refractivity contribution is -0.116. The van der Waals surface area contributed by atoms with Gasteiger partial charge in [-0.25, -0.2) is 8.42 Å². The molecule has 152 valence electrons. The maximum Gasteiger partial charge on any atom is 0.249 e. The number of rotatable bonds is 6. The summed E-state index contributed by atoms with van der Waals surface area (Å²) in [5.41, 5.74) is 1.06. The number of hydrogen-bond donors (Lipinski definition) is 1. The maximum absolute atomic E-state index is 12.7. The standard InChI is InChI=1S/C18H16Cl2N4O3S2/c1-11(24(29(2,26)27)15-9-13(19)8-14(20)10-15)16(25)21-18-23-22-17(28-18)12-6-4-3-5-7-12/h3-11H,1-2H3,(H,21,23,25)/t11-/m1/s1. The molecule has 3 aromatic rings. The summed E-state index contributed by atoms with van der Waals surface area (Å²) in [4.78, 5) is 12.7. The molecular formula is C18H16Cl2N4O3S2. The third-order valence-electron chi connectivity index (χ3n) is 3.87. The third-order valence-corrected chi connectivity index (χ3v) is 6.43. The van der Waals surface area contributed by atoms with Crippen molar-refractivity contribution < 1.29 is 13.2 Å². The first-order chi connectivity index (χ1) is 13.6. The second kappa shape index (κ2) is 8.66. The number of nitrogens with zero attached hydrogens (tertiary/aromatic N) is 3. The fourth-order valence-corrected chi connectivity index (χ4v) is 5.08. The molecule has 0 radical (unpaired) electrons. The highest BCUT2D eigenvalue weighted by atomic mass is 35.5. The topological polar surface area (TPSA) is 92.3 Å². The van der Waals surface area contributed by atoms with Crippen LogP contribution in [0.2, 0.25) is 10.0 Å². The number of carbonyl (C=O) groups is 1. The Morgan fingerprint density at radius 2 is 1.72 bits per heavy atom. The number of anilines is 2. The van der Waals surface area contributed by atoms with Gasteiger partial charge in [0.05, 0.1) is 11.9 Å². The van der Waals surface area contributed by atoms with Crippen molar-refractivity contribution in [3.8, 4) is 10.6 Å². The van der Waals surface area contributed by atoms with E-state index in [1.165, 1.54) is 36.5 Å². The minimum atomic E-state index is -3.80. The van der Waals surface area contributed by atoms with Crippen LogP contribution < -0.4 is 9.62 Å². The molecule has 0 spiro atoms. The minimum absolute atomic E-state index is 0.190. The quantitative estimate of drug-likeness (QED) is 0.579. The van der Waals surface area contributed by atoms with Gasteiger partial charge in [-0.1, -0.05) is 64.9 Å². The van der Waals surface area contributed by atoms with Crippen molar-refractivity contribution in [2.24, 2.45) is 0 Å². The Labute approximate surface area is 182 Å². The van der Waals surface area contributed by atoms with Crippen LogP contribution in [0.1, 0.15) is 6.92 Å². The number of benzene rings is 2. The molecule has 1 atom stereocenters. The first kappa shape index (κ1) is 21.5. The number of aromatic nitrogens is 2. The van der Waals surface area contributed by atoms with Gasteiger partial charge < -0.3 is 0 Å². The SMILES string of the molecule is C[C@H](C(=O)Nc1nnc(-c2ccccc2)s1)N(c1cc(Cl)cc(Cl)c1)S(C)(=O)=O. The van der Waals surface area contributed by atoms with Gasteiger partial charge in [0.15, 0.2) is 0 Å². The average molecular weight is 471 g/mol. The molecule has 1 amide bonds. The van der Waals surface area contributed by atoms with Crippen molar-refractivity contribution in [2.45, 2.75) is 13.0 Å². The summed E-state index contributed by atoms with van der Waals surface area (Å²) in [6.07, 6.45) is 1.00. The van der Waals surface area contributed by atoms with E-state index in [0.29, 0.717) is 5.01 Å². The van der Waals surface area contributed by atoms with E-state index in [-0.39, 0.29) is 20.9 Å². The number of nitrogens with one attached hydrogen (secondary N) is 1. The number of amides is 1. The van der Waals surface area contributed by atoms with Gasteiger partial charge in [-0.15, -0.1) is 10.2 Å². The van der Waals surface area contributed by atoms with Crippen LogP contribution in [0.4, 0.5) is 10.8 Å². The van der Waals surface area contributed by atoms with Crippen LogP contribution in [0.5, 0.6) is 0 Å². The Balaban J connectivity index is 1.84. The van der Waals surface area contributed by atoms with Gasteiger partial charge >= 0.3 is 0 Å². The van der Waals surface area contributed by atoms with Crippen LogP contribution in [0.15, 0.2) is 48.5 Å². The van der Waals surface area contributed by atoms with E-state index in [4.69, 9.17) is 23.2 Å². The van der Waals surface area contributed by atoms with E-state index in [1.807, 2.05) is 30.3 Å². The van der Waals surface area contributed by atoms with Gasteiger partial charge in [0, 0.05) is 15.6 Å². The number of sulfonamides is 1. The van der Waals surface area contributed by atoms with Crippen LogP contribution in [0, 0.1) is 0 Å². The molecule has 7 nitrogen and oxygen atoms in total. The first-order valence-corrected chi connectivity index (χ1v) is 11.7. The van der Waals surface area contributed by atoms with Crippen molar-refractivity contribution >= 4 is 61.3 Å². The highest BCUT2D eigenvalue weighted by molar-refractivity contribution is 7.92. The molecule has 1 heterocycles. The van der Waals surface area contributed by atoms with Crippen LogP contribution in [0.3, 0.4) is 0 Å². The molecule has 0 bridgehead atoms. The third kappa shape index (κ3) is 5.24. The van der Waals surface area contributed by atoms with Gasteiger partial charge in [-0.3, -0.25) is 14.4 Å². The van der Waals surface area contributed by atoms with Crippen molar-refractivity contribution in [3.05, 3.63) is 58.6 Å². The zero-order valence-corrected chi connectivity index (χ0v) is 18.5. The van der Waals surface area contributed by atoms with Gasteiger partial charge in [0.2, 0.25) is 21.1 Å². The summed E-state index contributed by atoms with van der Waals surface area (Å²) in [5, 5.41) is 12.0. The van der Waals surface area contributed by atoms with Crippen LogP contribution >= 0.6 is 34.5 Å². The van der Waals surface area contributed by atoms with Gasteiger partial charge in [-0.05, 0) is 25.1 Å². The Hall–Kier alpha value is -2.20. The van der Waals surface area contributed by atoms with E-state index in [9.17, 15) is 13.2 Å². The van der Waals surface area contributed by atoms with Crippen molar-refractivity contribution in [3.63, 3.8) is 0 Å². The number of halogens is 2. The molecule has 11 heteroatoms. The summed E-state index contributed by atoms with van der Waals surface area (Å²) < 4.78 is 25.7. The molecule has 29 heavy (non-hydrogen) atoms. The van der Waals surface area contributed by atoms with Crippen LogP contribution in [0.25, 0.3) is 10.6 Å². The molecule has 1 N–H and O–H groups in total. The molecule has 0 saturated carbocycles. The summed E-state index contributed by atoms with van der Waals surface area (Å²) in [6, 6.07) is 12.6. The molecule has 3 rings (SSSR count). The normalized spacial score (nSPS) is 12.4. The molecule has 0 saturated heterocycles. The predicted molar refractivity (Wildman–Crippen MR) is 117 cm³/mol. The smallest absolute Gasteiger partial charge is 0.249 e. The second-order valence-corrected chi connectivity index (χ2v) is 9.84. The second-order valence-electron chi connectivity index (χ2n) is 6.13. The zero-order chi connectivity index (χ0) is 21.2. The molecule has 0 aliphatic rings. The maximum atomic E-state index is 12.7. The Bertz CT molecular complexity index is 1120. The van der Waals surface area contributed by atoms with E-state index < -0.39 is 22.0 Å². The molecule has 2 aromatic carbocycles. The summed E-state index contributed by atoms with van der Waals surface area (Å²) in [6.45, 7) is 1.46. The average Bonchev–Trinajstić information content (AvgIpc) is 3.09. The molecule has 0 aliphatic heterocycles. The van der Waals surface area contributed by atoms with Gasteiger partial charge in [0.25, 0.3) is 0 Å². The molecule has 0 aliphatic carbocycles. The van der Waals surface area contributed by atoms with E-state index in [2.05, 4.69) is 15.5 Å². The summed E-state index contributed by atoms with van der Waals surface area (Å²) >= 11 is 13.2. The number of carbonyl (C=O) groups excluding carboxylic acids is 1. The number of hydrogen-bond acceptors (Lipinski definition) is 6. The Morgan fingerprint density at radius 1 is 1.10 bits per heavy atom. The van der Waals surface area contributed by atoms with E-state index >= 15 is 0 Å². The summed E-state index contributed by atoms with van der Waals surface area (Å²) in [5.74, 6) is -0.567. The molecule has 0 unspecified atom stereocenters. The lowest BCUT2D eigenvalue weighted by atomic mass is 10.2. The minimum Gasteiger partial charge on any atom is -0.299 e. The summed E-state index contributed by atoms with van der Waals surface area (Å²) in [7, 11) is -3.80. The highest BCUT2D eigenvalue weighted by Crippen LogP contribution is 2.30. The fraction of sp³-hybridized carbons (Fsp3) is 0.167. The predicted octanol–water partition coefficient (Wildman–Crippen LogP) is 4.31. The van der Waals surface area contributed by atoms with Gasteiger partial charge in [0.1, 0.15) is 11.0 Å². The van der Waals surface area contributed by atoms with Crippen LogP contribution in [-0.2, 0) is 14.8 Å². The molecule has 0 fully saturated rings. The van der Waals surface area contributed by atoms with Gasteiger partial charge in [-0.2, -0.15) is 0 Å². The Morgan fingerprint density at radius 3 is 2.31 bits per heavy atom. The zero-order valence-electron chi connectivity index (χ0n) is 15.3. The van der Waals surface area contributed by atoms with Crippen LogP contribution in [-0.4, -0.2) is 36.8 Å². The van der Waals surface area contributed by atoms with E-state index in [1.54, 1.807) is 0 Å². The highest BCUT2D eigenvalue weighted by Gasteiger charge is 2.30. The lowest BCUT2D eigenvalue weighted by Gasteiger charge is -2.28. The Kier molecular flexibility index (Phi) is 6.42. The van der Waals surface area contributed by atoms with Crippen molar-refractivity contribution in [1.82, 2.24) is 10.2 Å². The van der Waals surface area contributed by atoms with Crippen molar-refractivity contribution in [1.29, 1.82) is 0 Å².